The van der Waals surface area contributed by atoms with E-state index in [2.05, 4.69) is 17.0 Å². The minimum atomic E-state index is -0.623. The Morgan fingerprint density at radius 2 is 1.73 bits per heavy atom. The summed E-state index contributed by atoms with van der Waals surface area (Å²) in [4.78, 5) is 32.0. The maximum absolute atomic E-state index is 14.9. The summed E-state index contributed by atoms with van der Waals surface area (Å²) >= 11 is 1.42. The molecule has 4 aromatic rings. The number of carbonyl (C=O) groups excluding carboxylic acids is 2. The third-order valence-electron chi connectivity index (χ3n) is 8.35. The van der Waals surface area contributed by atoms with Gasteiger partial charge in [0.15, 0.2) is 11.6 Å². The molecular weight excluding hydrogens is 588 g/mol. The first-order valence-corrected chi connectivity index (χ1v) is 16.2. The van der Waals surface area contributed by atoms with Gasteiger partial charge in [-0.15, -0.1) is 11.3 Å². The van der Waals surface area contributed by atoms with Gasteiger partial charge in [-0.25, -0.2) is 8.78 Å². The largest absolute Gasteiger partial charge is 0.398 e. The average Bonchev–Trinajstić information content (AvgIpc) is 3.79. The molecule has 0 saturated heterocycles. The monoisotopic (exact) mass is 625 g/mol. The van der Waals surface area contributed by atoms with E-state index in [9.17, 15) is 18.4 Å². The minimum Gasteiger partial charge on any atom is -0.398 e. The van der Waals surface area contributed by atoms with Gasteiger partial charge in [0.05, 0.1) is 5.56 Å². The van der Waals surface area contributed by atoms with E-state index in [1.165, 1.54) is 29.5 Å². The van der Waals surface area contributed by atoms with Crippen molar-refractivity contribution >= 4 is 33.6 Å². The topological polar surface area (TPSA) is 66.6 Å². The summed E-state index contributed by atoms with van der Waals surface area (Å²) in [6, 6.07) is 19.4. The van der Waals surface area contributed by atoms with Crippen LogP contribution in [-0.4, -0.2) is 30.1 Å². The third kappa shape index (κ3) is 6.49. The van der Waals surface area contributed by atoms with E-state index in [1.54, 1.807) is 6.07 Å². The fourth-order valence-electron chi connectivity index (χ4n) is 6.04. The number of thiophene rings is 1. The van der Waals surface area contributed by atoms with Gasteiger partial charge in [0.1, 0.15) is 16.6 Å². The summed E-state index contributed by atoms with van der Waals surface area (Å²) in [7, 11) is 2.01. The number of ketones is 2. The molecule has 1 fully saturated rings. The number of rotatable bonds is 10. The predicted molar refractivity (Wildman–Crippen MR) is 177 cm³/mol. The van der Waals surface area contributed by atoms with Crippen LogP contribution in [-0.2, 0) is 19.6 Å². The summed E-state index contributed by atoms with van der Waals surface area (Å²) < 4.78 is 29.8. The van der Waals surface area contributed by atoms with Crippen LogP contribution in [0.25, 0.3) is 10.4 Å². The van der Waals surface area contributed by atoms with E-state index in [0.29, 0.717) is 40.5 Å². The van der Waals surface area contributed by atoms with Crippen molar-refractivity contribution in [2.45, 2.75) is 46.3 Å². The zero-order valence-electron chi connectivity index (χ0n) is 25.8. The molecule has 6 rings (SSSR count). The molecule has 1 aromatic heterocycles. The highest BCUT2D eigenvalue weighted by molar-refractivity contribution is 7.20. The molecule has 0 spiro atoms. The van der Waals surface area contributed by atoms with E-state index in [4.69, 9.17) is 5.73 Å². The van der Waals surface area contributed by atoms with Crippen LogP contribution in [0.5, 0.6) is 0 Å². The molecule has 0 atom stereocenters. The van der Waals surface area contributed by atoms with Gasteiger partial charge in [0.25, 0.3) is 0 Å². The number of fused-ring (bicyclic) bond motifs is 1. The maximum Gasteiger partial charge on any atom is 0.193 e. The number of allylic oxidation sites excluding steroid dienone is 1. The summed E-state index contributed by atoms with van der Waals surface area (Å²) in [6.07, 6.45) is 3.75. The fourth-order valence-corrected chi connectivity index (χ4v) is 7.40. The molecule has 45 heavy (non-hydrogen) atoms. The Kier molecular flexibility index (Phi) is 8.71. The molecule has 2 N–H and O–H groups in total. The van der Waals surface area contributed by atoms with Gasteiger partial charge < -0.3 is 10.6 Å². The second kappa shape index (κ2) is 12.7. The van der Waals surface area contributed by atoms with Gasteiger partial charge in [0.2, 0.25) is 0 Å². The zero-order chi connectivity index (χ0) is 31.8. The van der Waals surface area contributed by atoms with E-state index < -0.39 is 11.6 Å². The van der Waals surface area contributed by atoms with Crippen molar-refractivity contribution in [3.8, 4) is 10.4 Å². The van der Waals surface area contributed by atoms with Crippen molar-refractivity contribution in [3.63, 3.8) is 0 Å². The number of nitrogens with two attached hydrogens (primary N) is 1. The molecule has 3 aromatic carbocycles. The molecule has 8 heteroatoms. The van der Waals surface area contributed by atoms with Crippen LogP contribution in [0.1, 0.15) is 64.1 Å². The minimum absolute atomic E-state index is 0.0300. The first kappa shape index (κ1) is 30.9. The molecule has 0 amide bonds. The number of benzene rings is 3. The van der Waals surface area contributed by atoms with Crippen LogP contribution in [0, 0.1) is 23.5 Å². The van der Waals surface area contributed by atoms with Gasteiger partial charge >= 0.3 is 0 Å². The molecule has 1 saturated carbocycles. The molecule has 0 radical (unpaired) electrons. The van der Waals surface area contributed by atoms with Crippen LogP contribution in [0.3, 0.4) is 0 Å². The van der Waals surface area contributed by atoms with Crippen molar-refractivity contribution in [1.82, 2.24) is 4.90 Å². The van der Waals surface area contributed by atoms with E-state index in [-0.39, 0.29) is 42.1 Å². The Morgan fingerprint density at radius 3 is 2.38 bits per heavy atom. The van der Waals surface area contributed by atoms with Crippen LogP contribution in [0.4, 0.5) is 19.5 Å². The highest BCUT2D eigenvalue weighted by Crippen LogP contribution is 2.48. The lowest BCUT2D eigenvalue weighted by Crippen LogP contribution is -2.34. The number of hydrogen-bond acceptors (Lipinski definition) is 6. The molecule has 1 aliphatic carbocycles. The Bertz CT molecular complexity index is 1770. The van der Waals surface area contributed by atoms with Crippen molar-refractivity contribution in [1.29, 1.82) is 0 Å². The van der Waals surface area contributed by atoms with Crippen molar-refractivity contribution in [2.24, 2.45) is 11.8 Å². The fraction of sp³-hybridized carbons (Fsp3) is 0.297. The quantitative estimate of drug-likeness (QED) is 0.109. The Morgan fingerprint density at radius 1 is 1.02 bits per heavy atom. The van der Waals surface area contributed by atoms with Gasteiger partial charge in [-0.3, -0.25) is 14.5 Å². The zero-order valence-corrected chi connectivity index (χ0v) is 26.6. The Labute approximate surface area is 267 Å². The lowest BCUT2D eigenvalue weighted by Gasteiger charge is -2.31. The molecule has 0 unspecified atom stereocenters. The highest BCUT2D eigenvalue weighted by Gasteiger charge is 2.36. The number of nitrogen functional groups attached to an aromatic ring is 1. The Hall–Kier alpha value is -4.14. The van der Waals surface area contributed by atoms with Crippen molar-refractivity contribution in [3.05, 3.63) is 118 Å². The molecule has 2 heterocycles. The average molecular weight is 626 g/mol. The number of nitrogens with zero attached hydrogens (tertiary/aromatic N) is 2. The summed E-state index contributed by atoms with van der Waals surface area (Å²) in [5, 5.41) is 0.666. The molecule has 5 nitrogen and oxygen atoms in total. The standard InChI is InChI=1S/C37H37F2N3O2S/c1-22(2)16-26-19-42(21-28-30(38)10-7-11-31(28)39)37-33(35(26)44)29(20-41(3)18-23-8-5-4-6-9-23)36(45-37)27-15-14-25(17-32(27)40)34(43)24-12-13-24/h4-11,14-17,22,24H,12-13,18-21,40H2,1-3H3. The lowest BCUT2D eigenvalue weighted by atomic mass is 9.91. The number of hydrogen-bond donors (Lipinski definition) is 1. The van der Waals surface area contributed by atoms with Crippen molar-refractivity contribution in [2.75, 3.05) is 24.2 Å². The van der Waals surface area contributed by atoms with Crippen LogP contribution in [0.2, 0.25) is 0 Å². The van der Waals surface area contributed by atoms with E-state index in [1.807, 2.05) is 62.2 Å². The second-order valence-electron chi connectivity index (χ2n) is 12.5. The van der Waals surface area contributed by atoms with Gasteiger partial charge in [-0.2, -0.15) is 0 Å². The predicted octanol–water partition coefficient (Wildman–Crippen LogP) is 8.29. The van der Waals surface area contributed by atoms with Crippen LogP contribution >= 0.6 is 11.3 Å². The second-order valence-corrected chi connectivity index (χ2v) is 13.5. The Balaban J connectivity index is 1.49. The van der Waals surface area contributed by atoms with E-state index >= 15 is 0 Å². The van der Waals surface area contributed by atoms with E-state index in [0.717, 1.165) is 34.4 Å². The first-order chi connectivity index (χ1) is 21.6. The molecule has 0 bridgehead atoms. The number of carbonyl (C=O) groups is 2. The summed E-state index contributed by atoms with van der Waals surface area (Å²) in [5.41, 5.74) is 11.5. The lowest BCUT2D eigenvalue weighted by molar-refractivity contribution is 0.0966. The highest BCUT2D eigenvalue weighted by atomic mass is 32.1. The molecule has 232 valence electrons. The number of anilines is 2. The van der Waals surface area contributed by atoms with Gasteiger partial charge in [-0.1, -0.05) is 68.5 Å². The van der Waals surface area contributed by atoms with Gasteiger partial charge in [0, 0.05) is 64.9 Å². The normalized spacial score (nSPS) is 15.8. The number of Topliss-reactive ketones (excluding diaryl/α,β-unsaturated/α-hetero) is 2. The number of halogens is 2. The smallest absolute Gasteiger partial charge is 0.193 e. The van der Waals surface area contributed by atoms with Crippen molar-refractivity contribution < 1.29 is 18.4 Å². The molecular formula is C37H37F2N3O2S. The van der Waals surface area contributed by atoms with Crippen LogP contribution < -0.4 is 10.6 Å². The first-order valence-electron chi connectivity index (χ1n) is 15.4. The maximum atomic E-state index is 14.9. The SMILES string of the molecule is CC(C)C=C1CN(Cc2c(F)cccc2F)c2sc(-c3ccc(C(=O)C4CC4)cc3N)c(CN(C)Cc3ccccc3)c2C1=O. The molecule has 2 aliphatic rings. The van der Waals surface area contributed by atoms with Gasteiger partial charge in [-0.05, 0) is 55.1 Å². The third-order valence-corrected chi connectivity index (χ3v) is 9.68. The summed E-state index contributed by atoms with van der Waals surface area (Å²) in [5.74, 6) is -1.04. The summed E-state index contributed by atoms with van der Waals surface area (Å²) in [6.45, 7) is 5.33. The molecule has 1 aliphatic heterocycles. The van der Waals surface area contributed by atoms with Crippen LogP contribution in [0.15, 0.2) is 78.4 Å².